The number of methoxy groups -OCH3 is 2. The first kappa shape index (κ1) is 15.8. The fourth-order valence-corrected chi connectivity index (χ4v) is 2.86. The lowest BCUT2D eigenvalue weighted by Gasteiger charge is -2.27. The van der Waals surface area contributed by atoms with Gasteiger partial charge < -0.3 is 9.47 Å². The van der Waals surface area contributed by atoms with E-state index >= 15 is 0 Å². The van der Waals surface area contributed by atoms with Gasteiger partial charge in [-0.15, -0.1) is 0 Å². The Bertz CT molecular complexity index is 486. The Morgan fingerprint density at radius 1 is 1.33 bits per heavy atom. The van der Waals surface area contributed by atoms with E-state index in [0.29, 0.717) is 12.6 Å². The summed E-state index contributed by atoms with van der Waals surface area (Å²) < 4.78 is 23.5. The molecule has 1 aliphatic carbocycles. The summed E-state index contributed by atoms with van der Waals surface area (Å²) in [5.74, 6) is -0.394. The molecule has 1 aromatic rings. The van der Waals surface area contributed by atoms with Crippen LogP contribution in [0, 0.1) is 5.82 Å². The molecule has 0 radical (unpaired) electrons. The maximum absolute atomic E-state index is 13.8. The molecular weight excluding hydrogens is 273 g/mol. The highest BCUT2D eigenvalue weighted by Gasteiger charge is 2.25. The zero-order chi connectivity index (χ0) is 15.2. The molecular formula is C16H22FNO3. The van der Waals surface area contributed by atoms with Gasteiger partial charge in [0.05, 0.1) is 20.8 Å². The van der Waals surface area contributed by atoms with E-state index in [2.05, 4.69) is 4.90 Å². The van der Waals surface area contributed by atoms with Crippen LogP contribution in [0.2, 0.25) is 0 Å². The number of hydrogen-bond donors (Lipinski definition) is 0. The number of carbonyl (C=O) groups is 1. The van der Waals surface area contributed by atoms with E-state index in [1.165, 1.54) is 33.1 Å². The van der Waals surface area contributed by atoms with Crippen LogP contribution < -0.4 is 4.74 Å². The Morgan fingerprint density at radius 2 is 2.05 bits per heavy atom. The van der Waals surface area contributed by atoms with Gasteiger partial charge in [0.25, 0.3) is 0 Å². The molecule has 0 unspecified atom stereocenters. The van der Waals surface area contributed by atoms with Crippen LogP contribution in [0.3, 0.4) is 0 Å². The SMILES string of the molecule is COC(=O)CN(Cc1ccc(OC)c(F)c1)C1CCCC1. The van der Waals surface area contributed by atoms with E-state index in [-0.39, 0.29) is 24.1 Å². The van der Waals surface area contributed by atoms with E-state index in [4.69, 9.17) is 9.47 Å². The Kier molecular flexibility index (Phi) is 5.56. The molecule has 0 saturated heterocycles. The van der Waals surface area contributed by atoms with Crippen molar-refractivity contribution in [3.63, 3.8) is 0 Å². The molecule has 5 heteroatoms. The average Bonchev–Trinajstić information content (AvgIpc) is 3.01. The minimum absolute atomic E-state index is 0.235. The van der Waals surface area contributed by atoms with Crippen LogP contribution in [0.15, 0.2) is 18.2 Å². The minimum Gasteiger partial charge on any atom is -0.494 e. The summed E-state index contributed by atoms with van der Waals surface area (Å²) in [4.78, 5) is 13.7. The van der Waals surface area contributed by atoms with Crippen molar-refractivity contribution in [1.29, 1.82) is 0 Å². The standard InChI is InChI=1S/C16H22FNO3/c1-20-15-8-7-12(9-14(15)17)10-18(11-16(19)21-2)13-5-3-4-6-13/h7-9,13H,3-6,10-11H2,1-2H3. The minimum atomic E-state index is -0.376. The summed E-state index contributed by atoms with van der Waals surface area (Å²) in [5, 5.41) is 0. The van der Waals surface area contributed by atoms with Crippen LogP contribution in [0.1, 0.15) is 31.2 Å². The first-order chi connectivity index (χ1) is 10.1. The highest BCUT2D eigenvalue weighted by molar-refractivity contribution is 5.71. The summed E-state index contributed by atoms with van der Waals surface area (Å²) in [7, 11) is 2.84. The van der Waals surface area contributed by atoms with E-state index < -0.39 is 0 Å². The second kappa shape index (κ2) is 7.41. The third-order valence-electron chi connectivity index (χ3n) is 4.00. The van der Waals surface area contributed by atoms with Crippen molar-refractivity contribution in [3.05, 3.63) is 29.6 Å². The number of halogens is 1. The molecule has 116 valence electrons. The molecule has 1 fully saturated rings. The Labute approximate surface area is 124 Å². The molecule has 21 heavy (non-hydrogen) atoms. The van der Waals surface area contributed by atoms with Crippen LogP contribution in [-0.4, -0.2) is 37.7 Å². The fourth-order valence-electron chi connectivity index (χ4n) is 2.86. The summed E-state index contributed by atoms with van der Waals surface area (Å²) in [6.45, 7) is 0.787. The smallest absolute Gasteiger partial charge is 0.319 e. The second-order valence-corrected chi connectivity index (χ2v) is 5.39. The van der Waals surface area contributed by atoms with Gasteiger partial charge in [0.2, 0.25) is 0 Å². The highest BCUT2D eigenvalue weighted by atomic mass is 19.1. The maximum atomic E-state index is 13.8. The molecule has 1 saturated carbocycles. The quantitative estimate of drug-likeness (QED) is 0.757. The van der Waals surface area contributed by atoms with Crippen molar-refractivity contribution in [2.24, 2.45) is 0 Å². The van der Waals surface area contributed by atoms with Crippen molar-refractivity contribution < 1.29 is 18.7 Å². The van der Waals surface area contributed by atoms with Crippen molar-refractivity contribution in [1.82, 2.24) is 4.90 Å². The molecule has 4 nitrogen and oxygen atoms in total. The lowest BCUT2D eigenvalue weighted by atomic mass is 10.1. The lowest BCUT2D eigenvalue weighted by Crippen LogP contribution is -2.37. The Balaban J connectivity index is 2.09. The van der Waals surface area contributed by atoms with E-state index in [0.717, 1.165) is 18.4 Å². The van der Waals surface area contributed by atoms with Crippen molar-refractivity contribution in [2.75, 3.05) is 20.8 Å². The van der Waals surface area contributed by atoms with Gasteiger partial charge >= 0.3 is 5.97 Å². The summed E-state index contributed by atoms with van der Waals surface area (Å²) in [5.41, 5.74) is 0.837. The second-order valence-electron chi connectivity index (χ2n) is 5.39. The van der Waals surface area contributed by atoms with Crippen LogP contribution in [0.4, 0.5) is 4.39 Å². The van der Waals surface area contributed by atoms with Crippen LogP contribution in [-0.2, 0) is 16.1 Å². The number of esters is 1. The first-order valence-corrected chi connectivity index (χ1v) is 7.27. The third kappa shape index (κ3) is 4.17. The molecule has 0 spiro atoms. The summed E-state index contributed by atoms with van der Waals surface area (Å²) in [6, 6.07) is 5.30. The number of hydrogen-bond acceptors (Lipinski definition) is 4. The predicted octanol–water partition coefficient (Wildman–Crippen LogP) is 2.75. The van der Waals surface area contributed by atoms with Crippen LogP contribution in [0.25, 0.3) is 0 Å². The zero-order valence-corrected chi connectivity index (χ0v) is 12.6. The number of rotatable bonds is 6. The topological polar surface area (TPSA) is 38.8 Å². The number of nitrogens with zero attached hydrogens (tertiary/aromatic N) is 1. The highest BCUT2D eigenvalue weighted by Crippen LogP contribution is 2.26. The molecule has 0 aromatic heterocycles. The van der Waals surface area contributed by atoms with Crippen LogP contribution in [0.5, 0.6) is 5.75 Å². The first-order valence-electron chi connectivity index (χ1n) is 7.27. The number of benzene rings is 1. The van der Waals surface area contributed by atoms with Crippen molar-refractivity contribution in [2.45, 2.75) is 38.3 Å². The number of carbonyl (C=O) groups excluding carboxylic acids is 1. The van der Waals surface area contributed by atoms with E-state index in [1.807, 2.05) is 6.07 Å². The van der Waals surface area contributed by atoms with E-state index in [9.17, 15) is 9.18 Å². The molecule has 0 aliphatic heterocycles. The molecule has 2 rings (SSSR count). The van der Waals surface area contributed by atoms with Gasteiger partial charge in [0.1, 0.15) is 0 Å². The monoisotopic (exact) mass is 295 g/mol. The Hall–Kier alpha value is -1.62. The van der Waals surface area contributed by atoms with Gasteiger partial charge in [-0.1, -0.05) is 18.9 Å². The Morgan fingerprint density at radius 3 is 2.62 bits per heavy atom. The zero-order valence-electron chi connectivity index (χ0n) is 12.6. The largest absolute Gasteiger partial charge is 0.494 e. The average molecular weight is 295 g/mol. The van der Waals surface area contributed by atoms with Gasteiger partial charge in [0.15, 0.2) is 11.6 Å². The van der Waals surface area contributed by atoms with E-state index in [1.54, 1.807) is 6.07 Å². The van der Waals surface area contributed by atoms with Crippen molar-refractivity contribution in [3.8, 4) is 5.75 Å². The maximum Gasteiger partial charge on any atom is 0.319 e. The van der Waals surface area contributed by atoms with Gasteiger partial charge in [0, 0.05) is 12.6 Å². The van der Waals surface area contributed by atoms with Crippen molar-refractivity contribution >= 4 is 5.97 Å². The van der Waals surface area contributed by atoms with Crippen LogP contribution >= 0.6 is 0 Å². The molecule has 1 aromatic carbocycles. The van der Waals surface area contributed by atoms with Gasteiger partial charge in [-0.05, 0) is 30.5 Å². The predicted molar refractivity (Wildman–Crippen MR) is 77.6 cm³/mol. The normalized spacial score (nSPS) is 15.4. The fraction of sp³-hybridized carbons (Fsp3) is 0.562. The molecule has 0 bridgehead atoms. The molecule has 0 amide bonds. The summed E-state index contributed by atoms with van der Waals surface area (Å²) >= 11 is 0. The third-order valence-corrected chi connectivity index (χ3v) is 4.00. The van der Waals surface area contributed by atoms with Gasteiger partial charge in [-0.25, -0.2) is 4.39 Å². The summed E-state index contributed by atoms with van der Waals surface area (Å²) in [6.07, 6.45) is 4.52. The molecule has 0 N–H and O–H groups in total. The van der Waals surface area contributed by atoms with Gasteiger partial charge in [-0.2, -0.15) is 0 Å². The molecule has 1 aliphatic rings. The molecule has 0 heterocycles. The van der Waals surface area contributed by atoms with Gasteiger partial charge in [-0.3, -0.25) is 9.69 Å². The lowest BCUT2D eigenvalue weighted by molar-refractivity contribution is -0.142. The molecule has 0 atom stereocenters. The number of ether oxygens (including phenoxy) is 2.